The fourth-order valence-corrected chi connectivity index (χ4v) is 3.33. The van der Waals surface area contributed by atoms with Crippen LogP contribution in [-0.2, 0) is 4.74 Å². The Kier molecular flexibility index (Phi) is 5.72. The summed E-state index contributed by atoms with van der Waals surface area (Å²) in [5.41, 5.74) is 6.39. The predicted octanol–water partition coefficient (Wildman–Crippen LogP) is 3.91. The summed E-state index contributed by atoms with van der Waals surface area (Å²) in [6.45, 7) is 8.84. The summed E-state index contributed by atoms with van der Waals surface area (Å²) in [6, 6.07) is 6.06. The second-order valence-corrected chi connectivity index (χ2v) is 8.42. The number of nitrogens with two attached hydrogens (primary N) is 1. The summed E-state index contributed by atoms with van der Waals surface area (Å²) in [4.78, 5) is 34.5. The van der Waals surface area contributed by atoms with Gasteiger partial charge >= 0.3 is 6.09 Å². The van der Waals surface area contributed by atoms with Gasteiger partial charge in [-0.15, -0.1) is 0 Å². The summed E-state index contributed by atoms with van der Waals surface area (Å²) in [7, 11) is 0. The molecule has 0 saturated carbocycles. The number of anilines is 1. The summed E-state index contributed by atoms with van der Waals surface area (Å²) in [5, 5.41) is 3.31. The lowest BCUT2D eigenvalue weighted by molar-refractivity contribution is 0.0505. The Balaban J connectivity index is 2.22. The molecule has 0 aliphatic rings. The molecule has 0 unspecified atom stereocenters. The molecular formula is C21H24ClN5O3. The number of carbonyl (C=O) groups is 1. The second kappa shape index (κ2) is 7.95. The van der Waals surface area contributed by atoms with Gasteiger partial charge in [0.15, 0.2) is 0 Å². The van der Waals surface area contributed by atoms with Gasteiger partial charge in [0.2, 0.25) is 0 Å². The van der Waals surface area contributed by atoms with E-state index in [2.05, 4.69) is 15.3 Å². The van der Waals surface area contributed by atoms with Crippen molar-refractivity contribution in [2.45, 2.75) is 46.3 Å². The van der Waals surface area contributed by atoms with Gasteiger partial charge in [0.05, 0.1) is 33.9 Å². The molecule has 1 aromatic carbocycles. The second-order valence-electron chi connectivity index (χ2n) is 8.01. The van der Waals surface area contributed by atoms with Gasteiger partial charge in [-0.1, -0.05) is 17.7 Å². The lowest BCUT2D eigenvalue weighted by Crippen LogP contribution is -2.37. The molecule has 2 heterocycles. The van der Waals surface area contributed by atoms with E-state index in [4.69, 9.17) is 22.1 Å². The van der Waals surface area contributed by atoms with Crippen LogP contribution in [0.3, 0.4) is 0 Å². The summed E-state index contributed by atoms with van der Waals surface area (Å²) in [5.74, 6) is 0.646. The molecule has 1 amide bonds. The van der Waals surface area contributed by atoms with Gasteiger partial charge in [0, 0.05) is 0 Å². The molecule has 0 saturated heterocycles. The number of ether oxygens (including phenoxy) is 1. The number of halogens is 1. The third-order valence-corrected chi connectivity index (χ3v) is 4.65. The maximum absolute atomic E-state index is 13.5. The van der Waals surface area contributed by atoms with Crippen molar-refractivity contribution in [3.63, 3.8) is 0 Å². The van der Waals surface area contributed by atoms with Crippen LogP contribution in [-0.4, -0.2) is 26.2 Å². The van der Waals surface area contributed by atoms with Crippen molar-refractivity contribution in [1.29, 1.82) is 0 Å². The van der Waals surface area contributed by atoms with Crippen molar-refractivity contribution in [3.05, 3.63) is 57.2 Å². The van der Waals surface area contributed by atoms with Crippen molar-refractivity contribution < 1.29 is 9.53 Å². The Morgan fingerprint density at radius 1 is 1.33 bits per heavy atom. The first-order valence-corrected chi connectivity index (χ1v) is 9.79. The Hall–Kier alpha value is -3.13. The minimum absolute atomic E-state index is 0.281. The van der Waals surface area contributed by atoms with E-state index in [1.165, 1.54) is 10.8 Å². The van der Waals surface area contributed by atoms with Crippen LogP contribution in [0.4, 0.5) is 10.6 Å². The molecule has 158 valence electrons. The number of carbonyl (C=O) groups excluding carboxylic acids is 1. The molecule has 0 bridgehead atoms. The molecular weight excluding hydrogens is 406 g/mol. The molecule has 0 spiro atoms. The van der Waals surface area contributed by atoms with E-state index in [9.17, 15) is 9.59 Å². The molecule has 0 aliphatic carbocycles. The van der Waals surface area contributed by atoms with Crippen LogP contribution in [0.1, 0.15) is 45.1 Å². The highest BCUT2D eigenvalue weighted by Gasteiger charge is 2.24. The zero-order chi connectivity index (χ0) is 22.2. The van der Waals surface area contributed by atoms with E-state index in [1.54, 1.807) is 52.0 Å². The molecule has 3 aromatic rings. The van der Waals surface area contributed by atoms with Gasteiger partial charge in [-0.05, 0) is 58.4 Å². The number of hydrogen-bond acceptors (Lipinski definition) is 6. The molecule has 0 radical (unpaired) electrons. The number of nitrogens with one attached hydrogen (secondary N) is 1. The zero-order valence-corrected chi connectivity index (χ0v) is 18.2. The molecule has 0 fully saturated rings. The average Bonchev–Trinajstić information content (AvgIpc) is 2.60. The van der Waals surface area contributed by atoms with E-state index in [0.29, 0.717) is 27.9 Å². The summed E-state index contributed by atoms with van der Waals surface area (Å²) in [6.07, 6.45) is 0.884. The van der Waals surface area contributed by atoms with Crippen LogP contribution < -0.4 is 16.6 Å². The van der Waals surface area contributed by atoms with Gasteiger partial charge in [-0.3, -0.25) is 9.36 Å². The van der Waals surface area contributed by atoms with Crippen molar-refractivity contribution in [3.8, 4) is 5.69 Å². The Morgan fingerprint density at radius 2 is 2.03 bits per heavy atom. The fourth-order valence-electron chi connectivity index (χ4n) is 3.08. The number of pyridine rings is 1. The Bertz CT molecular complexity index is 1180. The molecule has 3 N–H and O–H groups in total. The van der Waals surface area contributed by atoms with E-state index in [0.717, 1.165) is 5.56 Å². The van der Waals surface area contributed by atoms with Crippen LogP contribution in [0, 0.1) is 6.92 Å². The van der Waals surface area contributed by atoms with Crippen LogP contribution >= 0.6 is 11.6 Å². The molecule has 3 rings (SSSR count). The standard InChI is InChI=1S/C21H24ClN5O3/c1-11-9-16(23)24-10-15(11)27-18(12(2)25-20(29)30-21(3,4)5)26-14-8-6-7-13(22)17(14)19(27)28/h6-10,12H,1-5H3,(H2,23,24)(H,25,29)/t12-/m0/s1. The maximum atomic E-state index is 13.5. The SMILES string of the molecule is Cc1cc(N)ncc1-n1c([C@H](C)NC(=O)OC(C)(C)C)nc2cccc(Cl)c2c1=O. The first kappa shape index (κ1) is 21.6. The normalized spacial score (nSPS) is 12.6. The number of aryl methyl sites for hydroxylation is 1. The number of alkyl carbamates (subject to hydrolysis) is 1. The lowest BCUT2D eigenvalue weighted by atomic mass is 10.1. The average molecular weight is 430 g/mol. The molecule has 0 aliphatic heterocycles. The Morgan fingerprint density at radius 3 is 2.67 bits per heavy atom. The topological polar surface area (TPSA) is 112 Å². The first-order chi connectivity index (χ1) is 14.0. The maximum Gasteiger partial charge on any atom is 0.408 e. The number of rotatable bonds is 3. The number of nitrogen functional groups attached to an aromatic ring is 1. The third kappa shape index (κ3) is 4.38. The van der Waals surface area contributed by atoms with Crippen LogP contribution in [0.15, 0.2) is 35.3 Å². The van der Waals surface area contributed by atoms with Crippen LogP contribution in [0.25, 0.3) is 16.6 Å². The van der Waals surface area contributed by atoms with Crippen LogP contribution in [0.2, 0.25) is 5.02 Å². The number of amides is 1. The van der Waals surface area contributed by atoms with Gasteiger partial charge < -0.3 is 15.8 Å². The number of aromatic nitrogens is 3. The quantitative estimate of drug-likeness (QED) is 0.652. The monoisotopic (exact) mass is 429 g/mol. The number of nitrogens with zero attached hydrogens (tertiary/aromatic N) is 3. The molecule has 2 aromatic heterocycles. The zero-order valence-electron chi connectivity index (χ0n) is 17.5. The van der Waals surface area contributed by atoms with Crippen molar-refractivity contribution in [2.75, 3.05) is 5.73 Å². The van der Waals surface area contributed by atoms with Crippen molar-refractivity contribution in [1.82, 2.24) is 19.9 Å². The highest BCUT2D eigenvalue weighted by Crippen LogP contribution is 2.24. The Labute approximate surface area is 179 Å². The van der Waals surface area contributed by atoms with E-state index < -0.39 is 17.7 Å². The predicted molar refractivity (Wildman–Crippen MR) is 117 cm³/mol. The van der Waals surface area contributed by atoms with Gasteiger partial charge in [-0.25, -0.2) is 14.8 Å². The largest absolute Gasteiger partial charge is 0.444 e. The number of hydrogen-bond donors (Lipinski definition) is 2. The highest BCUT2D eigenvalue weighted by molar-refractivity contribution is 6.35. The van der Waals surface area contributed by atoms with E-state index in [1.807, 2.05) is 6.92 Å². The minimum Gasteiger partial charge on any atom is -0.444 e. The van der Waals surface area contributed by atoms with E-state index in [-0.39, 0.29) is 10.9 Å². The number of benzene rings is 1. The minimum atomic E-state index is -0.661. The first-order valence-electron chi connectivity index (χ1n) is 9.41. The molecule has 30 heavy (non-hydrogen) atoms. The lowest BCUT2D eigenvalue weighted by Gasteiger charge is -2.23. The van der Waals surface area contributed by atoms with Gasteiger partial charge in [0.25, 0.3) is 5.56 Å². The third-order valence-electron chi connectivity index (χ3n) is 4.34. The molecule has 9 heteroatoms. The van der Waals surface area contributed by atoms with Gasteiger partial charge in [0.1, 0.15) is 17.2 Å². The van der Waals surface area contributed by atoms with Crippen molar-refractivity contribution in [2.24, 2.45) is 0 Å². The number of fused-ring (bicyclic) bond motifs is 1. The smallest absolute Gasteiger partial charge is 0.408 e. The molecule has 1 atom stereocenters. The van der Waals surface area contributed by atoms with Crippen LogP contribution in [0.5, 0.6) is 0 Å². The van der Waals surface area contributed by atoms with E-state index >= 15 is 0 Å². The van der Waals surface area contributed by atoms with Crippen molar-refractivity contribution >= 4 is 34.4 Å². The highest BCUT2D eigenvalue weighted by atomic mass is 35.5. The summed E-state index contributed by atoms with van der Waals surface area (Å²) >= 11 is 6.30. The molecule has 8 nitrogen and oxygen atoms in total. The summed E-state index contributed by atoms with van der Waals surface area (Å²) < 4.78 is 6.74. The fraction of sp³-hybridized carbons (Fsp3) is 0.333. The van der Waals surface area contributed by atoms with Gasteiger partial charge in [-0.2, -0.15) is 0 Å².